The molecular formula is C25H23NO4S. The molecule has 0 radical (unpaired) electrons. The zero-order chi connectivity index (χ0) is 21.6. The Morgan fingerprint density at radius 1 is 0.903 bits per heavy atom. The lowest BCUT2D eigenvalue weighted by atomic mass is 10.0. The Bertz CT molecular complexity index is 1230. The van der Waals surface area contributed by atoms with E-state index in [4.69, 9.17) is 4.74 Å². The lowest BCUT2D eigenvalue weighted by Gasteiger charge is -2.17. The van der Waals surface area contributed by atoms with Gasteiger partial charge in [0, 0.05) is 17.5 Å². The van der Waals surface area contributed by atoms with Crippen LogP contribution in [0, 0.1) is 0 Å². The lowest BCUT2D eigenvalue weighted by molar-refractivity contribution is -0.116. The van der Waals surface area contributed by atoms with Gasteiger partial charge >= 0.3 is 0 Å². The molecule has 1 aliphatic heterocycles. The molecule has 0 bridgehead atoms. The first-order valence-corrected chi connectivity index (χ1v) is 11.4. The molecule has 0 fully saturated rings. The highest BCUT2D eigenvalue weighted by Crippen LogP contribution is 2.43. The van der Waals surface area contributed by atoms with Crippen LogP contribution in [-0.4, -0.2) is 26.3 Å². The van der Waals surface area contributed by atoms with Crippen molar-refractivity contribution in [2.75, 3.05) is 11.9 Å². The number of aryl methyl sites for hydroxylation is 1. The second kappa shape index (κ2) is 9.62. The molecule has 5 rings (SSSR count). The summed E-state index contributed by atoms with van der Waals surface area (Å²) in [7, 11) is -2.09. The average molecular weight is 434 g/mol. The number of carbonyl (C=O) groups is 1. The van der Waals surface area contributed by atoms with Crippen molar-refractivity contribution in [2.45, 2.75) is 25.7 Å². The van der Waals surface area contributed by atoms with Crippen molar-refractivity contribution < 1.29 is 17.9 Å². The highest BCUT2D eigenvalue weighted by molar-refractivity contribution is 7.71. The van der Waals surface area contributed by atoms with E-state index in [0.29, 0.717) is 25.9 Å². The summed E-state index contributed by atoms with van der Waals surface area (Å²) in [5.41, 5.74) is 7.47. The molecule has 2 aromatic carbocycles. The van der Waals surface area contributed by atoms with Crippen LogP contribution in [0.4, 0.5) is 5.69 Å². The first-order valence-electron chi connectivity index (χ1n) is 10.3. The number of anilines is 1. The van der Waals surface area contributed by atoms with Crippen molar-refractivity contribution in [2.24, 2.45) is 0 Å². The number of benzene rings is 3. The van der Waals surface area contributed by atoms with Crippen LogP contribution < -0.4 is 10.1 Å². The van der Waals surface area contributed by atoms with Gasteiger partial charge in [0.2, 0.25) is 16.2 Å². The quantitative estimate of drug-likeness (QED) is 0.352. The highest BCUT2D eigenvalue weighted by atomic mass is 32.2. The van der Waals surface area contributed by atoms with Gasteiger partial charge < -0.3 is 10.1 Å². The standard InChI is InChI=1S/C13H15NO4S.C12H8/c15-13-6-3-10-9-11(4-5-12(10)14-13)18-7-1-2-8-19(16)17;1-2-4-9(5-3-1)11-7-6-10-8-12(10)11/h4-5,8-9H,1-3,6-7H2,(H,14,15);1-8H. The van der Waals surface area contributed by atoms with Crippen molar-refractivity contribution in [1.82, 2.24) is 0 Å². The summed E-state index contributed by atoms with van der Waals surface area (Å²) in [5, 5.41) is 4.04. The molecule has 1 amide bonds. The molecule has 0 unspecified atom stereocenters. The minimum atomic E-state index is -2.09. The fourth-order valence-corrected chi connectivity index (χ4v) is 3.88. The van der Waals surface area contributed by atoms with Gasteiger partial charge in [0.25, 0.3) is 0 Å². The molecule has 0 saturated carbocycles. The zero-order valence-corrected chi connectivity index (χ0v) is 17.8. The summed E-state index contributed by atoms with van der Waals surface area (Å²) in [5.74, 6) is 0.792. The Balaban J connectivity index is 0.000000163. The Kier molecular flexibility index (Phi) is 6.48. The second-order valence-electron chi connectivity index (χ2n) is 7.41. The van der Waals surface area contributed by atoms with Crippen molar-refractivity contribution >= 4 is 27.3 Å². The third-order valence-electron chi connectivity index (χ3n) is 5.18. The summed E-state index contributed by atoms with van der Waals surface area (Å²) in [4.78, 5) is 11.2. The smallest absolute Gasteiger partial charge is 0.224 e. The average Bonchev–Trinajstić information content (AvgIpc) is 3.43. The number of ether oxygens (including phenoxy) is 1. The van der Waals surface area contributed by atoms with Crippen LogP contribution in [-0.2, 0) is 21.5 Å². The third kappa shape index (κ3) is 5.61. The van der Waals surface area contributed by atoms with E-state index in [0.717, 1.165) is 23.4 Å². The van der Waals surface area contributed by atoms with Crippen LogP contribution >= 0.6 is 0 Å². The van der Waals surface area contributed by atoms with Gasteiger partial charge in [-0.3, -0.25) is 4.79 Å². The van der Waals surface area contributed by atoms with Crippen LogP contribution in [0.3, 0.4) is 0 Å². The van der Waals surface area contributed by atoms with E-state index in [1.54, 1.807) is 6.07 Å². The molecule has 31 heavy (non-hydrogen) atoms. The van der Waals surface area contributed by atoms with Crippen molar-refractivity contribution in [3.05, 3.63) is 72.3 Å². The second-order valence-corrected chi connectivity index (χ2v) is 8.27. The number of fused-ring (bicyclic) bond motifs is 2. The van der Waals surface area contributed by atoms with Crippen LogP contribution in [0.15, 0.2) is 66.7 Å². The number of carbonyl (C=O) groups excluding carboxylic acids is 1. The first kappa shape index (κ1) is 20.9. The Hall–Kier alpha value is -3.38. The summed E-state index contributed by atoms with van der Waals surface area (Å²) < 4.78 is 26.1. The number of nitrogens with one attached hydrogen (secondary N) is 1. The zero-order valence-electron chi connectivity index (χ0n) is 17.0. The van der Waals surface area contributed by atoms with Gasteiger partial charge in [-0.1, -0.05) is 42.5 Å². The van der Waals surface area contributed by atoms with Crippen LogP contribution in [0.1, 0.15) is 24.8 Å². The van der Waals surface area contributed by atoms with E-state index in [1.807, 2.05) is 12.1 Å². The normalized spacial score (nSPS) is 12.6. The molecule has 0 spiro atoms. The van der Waals surface area contributed by atoms with Gasteiger partial charge in [0.05, 0.1) is 6.61 Å². The Morgan fingerprint density at radius 3 is 2.45 bits per heavy atom. The molecule has 0 aromatic heterocycles. The number of hydrogen-bond donors (Lipinski definition) is 1. The minimum absolute atomic E-state index is 0.0438. The summed E-state index contributed by atoms with van der Waals surface area (Å²) >= 11 is 0. The largest absolute Gasteiger partial charge is 0.494 e. The Morgan fingerprint density at radius 2 is 1.74 bits per heavy atom. The van der Waals surface area contributed by atoms with Crippen molar-refractivity contribution in [3.63, 3.8) is 0 Å². The number of rotatable bonds is 6. The molecule has 6 heteroatoms. The van der Waals surface area contributed by atoms with Gasteiger partial charge in [0.1, 0.15) is 5.75 Å². The molecule has 0 atom stereocenters. The van der Waals surface area contributed by atoms with Crippen molar-refractivity contribution in [1.29, 1.82) is 0 Å². The van der Waals surface area contributed by atoms with E-state index >= 15 is 0 Å². The summed E-state index contributed by atoms with van der Waals surface area (Å²) in [6.07, 6.45) is 2.36. The summed E-state index contributed by atoms with van der Waals surface area (Å²) in [6.45, 7) is 0.471. The van der Waals surface area contributed by atoms with Crippen LogP contribution in [0.2, 0.25) is 0 Å². The van der Waals surface area contributed by atoms with Gasteiger partial charge in [0.15, 0.2) is 0 Å². The SMILES string of the molecule is O=C1CCc2cc(OCCCC=S(=O)=O)ccc2N1.c1ccc(-c2ccc3cc2-3)cc1. The fourth-order valence-electron chi connectivity index (χ4n) is 3.53. The van der Waals surface area contributed by atoms with Gasteiger partial charge in [-0.15, -0.1) is 0 Å². The Labute approximate surface area is 183 Å². The summed E-state index contributed by atoms with van der Waals surface area (Å²) in [6, 6.07) is 22.7. The molecule has 2 aromatic rings. The molecule has 1 N–H and O–H groups in total. The van der Waals surface area contributed by atoms with Crippen LogP contribution in [0.5, 0.6) is 5.75 Å². The predicted octanol–water partition coefficient (Wildman–Crippen LogP) is 4.75. The third-order valence-corrected chi connectivity index (χ3v) is 5.68. The van der Waals surface area contributed by atoms with E-state index in [9.17, 15) is 13.2 Å². The van der Waals surface area contributed by atoms with Gasteiger partial charge in [-0.05, 0) is 71.3 Å². The van der Waals surface area contributed by atoms with Gasteiger partial charge in [-0.25, -0.2) is 0 Å². The molecule has 5 nitrogen and oxygen atoms in total. The van der Waals surface area contributed by atoms with Crippen LogP contribution in [0.25, 0.3) is 22.3 Å². The maximum Gasteiger partial charge on any atom is 0.224 e. The van der Waals surface area contributed by atoms with E-state index < -0.39 is 10.3 Å². The van der Waals surface area contributed by atoms with E-state index in [-0.39, 0.29) is 5.91 Å². The van der Waals surface area contributed by atoms with Crippen molar-refractivity contribution in [3.8, 4) is 28.0 Å². The monoisotopic (exact) mass is 433 g/mol. The molecule has 3 aliphatic rings. The predicted molar refractivity (Wildman–Crippen MR) is 124 cm³/mol. The lowest BCUT2D eigenvalue weighted by Crippen LogP contribution is -2.18. The number of unbranched alkanes of at least 4 members (excludes halogenated alkanes) is 1. The fraction of sp³-hybridized carbons (Fsp3) is 0.200. The molecule has 2 aliphatic carbocycles. The first-order chi connectivity index (χ1) is 15.1. The maximum atomic E-state index is 11.2. The molecular weight excluding hydrogens is 410 g/mol. The molecule has 0 saturated heterocycles. The van der Waals surface area contributed by atoms with E-state index in [1.165, 1.54) is 27.6 Å². The number of amides is 1. The maximum absolute atomic E-state index is 11.2. The number of hydrogen-bond acceptors (Lipinski definition) is 4. The van der Waals surface area contributed by atoms with E-state index in [2.05, 4.69) is 53.8 Å². The minimum Gasteiger partial charge on any atom is -0.494 e. The highest BCUT2D eigenvalue weighted by Gasteiger charge is 2.17. The molecule has 158 valence electrons. The van der Waals surface area contributed by atoms with Gasteiger partial charge in [-0.2, -0.15) is 8.42 Å². The molecule has 1 heterocycles. The topological polar surface area (TPSA) is 72.5 Å².